The number of carbonyl (C=O) groups excluding carboxylic acids is 1. The second-order valence-corrected chi connectivity index (χ2v) is 5.76. The summed E-state index contributed by atoms with van der Waals surface area (Å²) in [5, 5.41) is 0. The molecule has 22 heavy (non-hydrogen) atoms. The van der Waals surface area contributed by atoms with Crippen LogP contribution in [-0.4, -0.2) is 26.9 Å². The van der Waals surface area contributed by atoms with Crippen molar-refractivity contribution >= 4 is 16.9 Å². The fourth-order valence-corrected chi connectivity index (χ4v) is 3.02. The standard InChI is InChI=1S/C18H17N3O/c1-13-6-8-14(9-7-13)18(22)20-10-11-21-16-5-3-2-4-15(16)19-17(21)12-20/h2-9H,10-12H2,1H3. The molecule has 2 aromatic carbocycles. The summed E-state index contributed by atoms with van der Waals surface area (Å²) in [5.74, 6) is 1.05. The first-order chi connectivity index (χ1) is 10.7. The van der Waals surface area contributed by atoms with Crippen molar-refractivity contribution in [2.75, 3.05) is 6.54 Å². The monoisotopic (exact) mass is 291 g/mol. The third-order valence-corrected chi connectivity index (χ3v) is 4.25. The molecule has 4 nitrogen and oxygen atoms in total. The van der Waals surface area contributed by atoms with E-state index in [9.17, 15) is 4.79 Å². The van der Waals surface area contributed by atoms with Crippen LogP contribution in [0.25, 0.3) is 11.0 Å². The molecule has 2 heterocycles. The molecule has 1 aliphatic rings. The number of fused-ring (bicyclic) bond motifs is 3. The maximum Gasteiger partial charge on any atom is 0.254 e. The van der Waals surface area contributed by atoms with Crippen molar-refractivity contribution in [1.82, 2.24) is 14.5 Å². The van der Waals surface area contributed by atoms with Crippen LogP contribution in [0.2, 0.25) is 0 Å². The van der Waals surface area contributed by atoms with Crippen molar-refractivity contribution in [3.63, 3.8) is 0 Å². The molecule has 0 unspecified atom stereocenters. The Hall–Kier alpha value is -2.62. The largest absolute Gasteiger partial charge is 0.329 e. The number of amides is 1. The summed E-state index contributed by atoms with van der Waals surface area (Å²) in [6.45, 7) is 4.12. The highest BCUT2D eigenvalue weighted by Crippen LogP contribution is 2.21. The first-order valence-corrected chi connectivity index (χ1v) is 7.52. The van der Waals surface area contributed by atoms with Crippen LogP contribution in [0.5, 0.6) is 0 Å². The van der Waals surface area contributed by atoms with Crippen LogP contribution >= 0.6 is 0 Å². The topological polar surface area (TPSA) is 38.1 Å². The van der Waals surface area contributed by atoms with Crippen LogP contribution < -0.4 is 0 Å². The molecule has 4 heteroatoms. The minimum absolute atomic E-state index is 0.0818. The zero-order valence-corrected chi connectivity index (χ0v) is 12.5. The van der Waals surface area contributed by atoms with Crippen molar-refractivity contribution in [3.05, 3.63) is 65.5 Å². The van der Waals surface area contributed by atoms with E-state index in [2.05, 4.69) is 15.6 Å². The number of imidazole rings is 1. The highest BCUT2D eigenvalue weighted by atomic mass is 16.2. The molecule has 1 amide bonds. The van der Waals surface area contributed by atoms with Crippen LogP contribution in [0.3, 0.4) is 0 Å². The molecule has 1 aliphatic heterocycles. The van der Waals surface area contributed by atoms with Gasteiger partial charge in [-0.25, -0.2) is 4.98 Å². The molecular weight excluding hydrogens is 274 g/mol. The van der Waals surface area contributed by atoms with Crippen molar-refractivity contribution in [3.8, 4) is 0 Å². The summed E-state index contributed by atoms with van der Waals surface area (Å²) >= 11 is 0. The van der Waals surface area contributed by atoms with Gasteiger partial charge in [-0.15, -0.1) is 0 Å². The number of nitrogens with zero attached hydrogens (tertiary/aromatic N) is 3. The van der Waals surface area contributed by atoms with E-state index in [4.69, 9.17) is 0 Å². The number of hydrogen-bond acceptors (Lipinski definition) is 2. The average Bonchev–Trinajstić information content (AvgIpc) is 2.92. The van der Waals surface area contributed by atoms with E-state index < -0.39 is 0 Å². The number of rotatable bonds is 1. The van der Waals surface area contributed by atoms with Gasteiger partial charge in [0.05, 0.1) is 17.6 Å². The van der Waals surface area contributed by atoms with Gasteiger partial charge in [-0.05, 0) is 31.2 Å². The molecule has 0 aliphatic carbocycles. The van der Waals surface area contributed by atoms with E-state index >= 15 is 0 Å². The quantitative estimate of drug-likeness (QED) is 0.691. The normalized spacial score (nSPS) is 14.1. The van der Waals surface area contributed by atoms with E-state index in [1.807, 2.05) is 54.3 Å². The van der Waals surface area contributed by atoms with Crippen molar-refractivity contribution in [2.24, 2.45) is 0 Å². The van der Waals surface area contributed by atoms with Gasteiger partial charge >= 0.3 is 0 Å². The molecule has 0 N–H and O–H groups in total. The molecule has 0 saturated heterocycles. The van der Waals surface area contributed by atoms with Gasteiger partial charge < -0.3 is 9.47 Å². The Bertz CT molecular complexity index is 848. The molecule has 1 aromatic heterocycles. The number of para-hydroxylation sites is 2. The van der Waals surface area contributed by atoms with Crippen LogP contribution in [0, 0.1) is 6.92 Å². The predicted molar refractivity (Wildman–Crippen MR) is 85.7 cm³/mol. The van der Waals surface area contributed by atoms with Gasteiger partial charge in [-0.1, -0.05) is 29.8 Å². The molecule has 110 valence electrons. The summed E-state index contributed by atoms with van der Waals surface area (Å²) in [4.78, 5) is 19.2. The number of aryl methyl sites for hydroxylation is 1. The molecule has 0 atom stereocenters. The van der Waals surface area contributed by atoms with Gasteiger partial charge in [0.1, 0.15) is 5.82 Å². The van der Waals surface area contributed by atoms with Crippen LogP contribution in [-0.2, 0) is 13.1 Å². The lowest BCUT2D eigenvalue weighted by molar-refractivity contribution is 0.0709. The van der Waals surface area contributed by atoms with Crippen molar-refractivity contribution in [2.45, 2.75) is 20.0 Å². The van der Waals surface area contributed by atoms with Gasteiger partial charge in [0.25, 0.3) is 5.91 Å². The molecule has 0 saturated carbocycles. The average molecular weight is 291 g/mol. The maximum absolute atomic E-state index is 12.6. The van der Waals surface area contributed by atoms with E-state index in [1.165, 1.54) is 0 Å². The summed E-state index contributed by atoms with van der Waals surface area (Å²) in [6.07, 6.45) is 0. The fourth-order valence-electron chi connectivity index (χ4n) is 3.02. The second kappa shape index (κ2) is 4.98. The molecule has 0 bridgehead atoms. The Balaban J connectivity index is 1.64. The number of benzene rings is 2. The molecule has 3 aromatic rings. The Morgan fingerprint density at radius 1 is 1.05 bits per heavy atom. The smallest absolute Gasteiger partial charge is 0.254 e. The van der Waals surface area contributed by atoms with Crippen molar-refractivity contribution in [1.29, 1.82) is 0 Å². The second-order valence-electron chi connectivity index (χ2n) is 5.76. The Kier molecular flexibility index (Phi) is 2.96. The molecule has 0 spiro atoms. The predicted octanol–water partition coefficient (Wildman–Crippen LogP) is 3.00. The Morgan fingerprint density at radius 3 is 2.64 bits per heavy atom. The highest BCUT2D eigenvalue weighted by Gasteiger charge is 2.24. The summed E-state index contributed by atoms with van der Waals surface area (Å²) < 4.78 is 2.22. The summed E-state index contributed by atoms with van der Waals surface area (Å²) in [7, 11) is 0. The van der Waals surface area contributed by atoms with Crippen molar-refractivity contribution < 1.29 is 4.79 Å². The van der Waals surface area contributed by atoms with E-state index in [1.54, 1.807) is 0 Å². The lowest BCUT2D eigenvalue weighted by atomic mass is 10.1. The maximum atomic E-state index is 12.6. The van der Waals surface area contributed by atoms with Gasteiger partial charge in [0.15, 0.2) is 0 Å². The van der Waals surface area contributed by atoms with Gasteiger partial charge in [-0.3, -0.25) is 4.79 Å². The highest BCUT2D eigenvalue weighted by molar-refractivity contribution is 5.94. The molecule has 0 fully saturated rings. The third-order valence-electron chi connectivity index (χ3n) is 4.25. The first kappa shape index (κ1) is 13.1. The van der Waals surface area contributed by atoms with E-state index in [0.717, 1.165) is 41.1 Å². The van der Waals surface area contributed by atoms with E-state index in [-0.39, 0.29) is 5.91 Å². The van der Waals surface area contributed by atoms with Gasteiger partial charge in [0.2, 0.25) is 0 Å². The minimum Gasteiger partial charge on any atom is -0.329 e. The van der Waals surface area contributed by atoms with Gasteiger partial charge in [-0.2, -0.15) is 0 Å². The summed E-state index contributed by atoms with van der Waals surface area (Å²) in [6, 6.07) is 15.9. The van der Waals surface area contributed by atoms with Crippen LogP contribution in [0.15, 0.2) is 48.5 Å². The number of hydrogen-bond donors (Lipinski definition) is 0. The molecule has 0 radical (unpaired) electrons. The molecular formula is C18H17N3O. The third kappa shape index (κ3) is 2.08. The van der Waals surface area contributed by atoms with Crippen LogP contribution in [0.1, 0.15) is 21.7 Å². The zero-order valence-electron chi connectivity index (χ0n) is 12.5. The minimum atomic E-state index is 0.0818. The SMILES string of the molecule is Cc1ccc(C(=O)N2CCn3c(nc4ccccc43)C2)cc1. The first-order valence-electron chi connectivity index (χ1n) is 7.52. The van der Waals surface area contributed by atoms with E-state index in [0.29, 0.717) is 6.54 Å². The Labute approximate surface area is 129 Å². The number of carbonyl (C=O) groups is 1. The lowest BCUT2D eigenvalue weighted by Gasteiger charge is -2.28. The lowest BCUT2D eigenvalue weighted by Crippen LogP contribution is -2.38. The Morgan fingerprint density at radius 2 is 1.82 bits per heavy atom. The summed E-state index contributed by atoms with van der Waals surface area (Å²) in [5.41, 5.74) is 4.06. The number of aromatic nitrogens is 2. The fraction of sp³-hybridized carbons (Fsp3) is 0.222. The zero-order chi connectivity index (χ0) is 15.1. The van der Waals surface area contributed by atoms with Gasteiger partial charge in [0, 0.05) is 18.7 Å². The molecule has 4 rings (SSSR count). The van der Waals surface area contributed by atoms with Crippen LogP contribution in [0.4, 0.5) is 0 Å².